The lowest BCUT2D eigenvalue weighted by Crippen LogP contribution is -2.27. The zero-order chi connectivity index (χ0) is 28.6. The van der Waals surface area contributed by atoms with E-state index in [1.807, 2.05) is 0 Å². The van der Waals surface area contributed by atoms with Crippen LogP contribution in [0.1, 0.15) is 45.2 Å². The Morgan fingerprint density at radius 3 is 2.50 bits per heavy atom. The van der Waals surface area contributed by atoms with Crippen molar-refractivity contribution < 1.29 is 22.8 Å². The molecule has 2 N–H and O–H groups in total. The number of benzene rings is 1. The van der Waals surface area contributed by atoms with E-state index in [1.54, 1.807) is 6.07 Å². The van der Waals surface area contributed by atoms with Crippen LogP contribution < -0.4 is 10.6 Å². The average molecular weight is 615 g/mol. The molecule has 4 aromatic rings. The maximum Gasteiger partial charge on any atom is 0.455 e. The first-order chi connectivity index (χ1) is 19.0. The normalized spacial score (nSPS) is 13.3. The van der Waals surface area contributed by atoms with Crippen LogP contribution in [0, 0.1) is 5.92 Å². The number of amides is 2. The van der Waals surface area contributed by atoms with E-state index in [9.17, 15) is 22.8 Å². The molecule has 17 heteroatoms. The van der Waals surface area contributed by atoms with Gasteiger partial charge in [-0.3, -0.25) is 9.59 Å². The SMILES string of the molecule is O=C(NCC1CC1)c1cc(Cl)cc(Cl)c1NC(=O)c1cc(Cn2nnc(C(F)(F)F)n2)nn1-c1ncccc1Cl. The van der Waals surface area contributed by atoms with Crippen molar-refractivity contribution in [2.75, 3.05) is 11.9 Å². The van der Waals surface area contributed by atoms with Gasteiger partial charge in [0.1, 0.15) is 12.2 Å². The number of nitrogens with one attached hydrogen (secondary N) is 2. The largest absolute Gasteiger partial charge is 0.455 e. The summed E-state index contributed by atoms with van der Waals surface area (Å²) in [6, 6.07) is 7.10. The smallest absolute Gasteiger partial charge is 0.352 e. The number of carbonyl (C=O) groups excluding carboxylic acids is 2. The molecule has 0 spiro atoms. The molecule has 0 unspecified atom stereocenters. The Bertz CT molecular complexity index is 1600. The number of aromatic nitrogens is 7. The highest BCUT2D eigenvalue weighted by Crippen LogP contribution is 2.32. The van der Waals surface area contributed by atoms with Crippen molar-refractivity contribution in [2.45, 2.75) is 25.6 Å². The van der Waals surface area contributed by atoms with Gasteiger partial charge in [-0.05, 0) is 54.3 Å². The predicted molar refractivity (Wildman–Crippen MR) is 138 cm³/mol. The van der Waals surface area contributed by atoms with E-state index < -0.39 is 23.8 Å². The topological polar surface area (TPSA) is 133 Å². The van der Waals surface area contributed by atoms with Crippen molar-refractivity contribution in [1.29, 1.82) is 0 Å². The molecule has 0 aliphatic heterocycles. The summed E-state index contributed by atoms with van der Waals surface area (Å²) < 4.78 is 39.8. The van der Waals surface area contributed by atoms with E-state index in [-0.39, 0.29) is 50.1 Å². The molecule has 1 aliphatic carbocycles. The standard InChI is InChI=1S/C23H17Cl3F3N9O2/c24-12-6-14(20(39)31-9-11-3-4-11)18(16(26)7-12)32-21(40)17-8-13(10-37-35-22(33-36-37)23(27,28)29)34-38(17)19-15(25)2-1-5-30-19/h1-2,5-8,11H,3-4,9-10H2,(H,31,39)(H,32,40). The lowest BCUT2D eigenvalue weighted by molar-refractivity contribution is -0.145. The number of nitrogens with zero attached hydrogens (tertiary/aromatic N) is 7. The number of hydrogen-bond acceptors (Lipinski definition) is 7. The van der Waals surface area contributed by atoms with Crippen LogP contribution >= 0.6 is 34.8 Å². The first kappa shape index (κ1) is 27.8. The van der Waals surface area contributed by atoms with Gasteiger partial charge in [0.25, 0.3) is 17.6 Å². The Balaban J connectivity index is 1.49. The van der Waals surface area contributed by atoms with Crippen LogP contribution in [0.2, 0.25) is 15.1 Å². The van der Waals surface area contributed by atoms with E-state index in [0.717, 1.165) is 17.5 Å². The number of hydrogen-bond donors (Lipinski definition) is 2. The lowest BCUT2D eigenvalue weighted by atomic mass is 10.1. The molecule has 1 aromatic carbocycles. The third-order valence-electron chi connectivity index (χ3n) is 5.73. The minimum absolute atomic E-state index is 0.00135. The highest BCUT2D eigenvalue weighted by Gasteiger charge is 2.37. The Hall–Kier alpha value is -3.75. The molecule has 2 amide bonds. The molecule has 3 heterocycles. The Morgan fingerprint density at radius 1 is 1.05 bits per heavy atom. The number of alkyl halides is 3. The van der Waals surface area contributed by atoms with Crippen molar-refractivity contribution in [2.24, 2.45) is 5.92 Å². The van der Waals surface area contributed by atoms with E-state index in [4.69, 9.17) is 34.8 Å². The number of tetrazole rings is 1. The summed E-state index contributed by atoms with van der Waals surface area (Å²) in [6.07, 6.45) is -1.34. The van der Waals surface area contributed by atoms with Gasteiger partial charge in [-0.25, -0.2) is 9.67 Å². The van der Waals surface area contributed by atoms with Crippen molar-refractivity contribution in [3.8, 4) is 5.82 Å². The molecule has 1 aliphatic rings. The monoisotopic (exact) mass is 613 g/mol. The number of anilines is 1. The molecule has 1 saturated carbocycles. The van der Waals surface area contributed by atoms with Crippen molar-refractivity contribution >= 4 is 52.3 Å². The van der Waals surface area contributed by atoms with Crippen LogP contribution in [0.4, 0.5) is 18.9 Å². The van der Waals surface area contributed by atoms with Gasteiger partial charge in [0.2, 0.25) is 0 Å². The quantitative estimate of drug-likeness (QED) is 0.295. The molecular weight excluding hydrogens is 598 g/mol. The van der Waals surface area contributed by atoms with Gasteiger partial charge in [0, 0.05) is 17.8 Å². The minimum atomic E-state index is -4.79. The molecule has 0 saturated heterocycles. The summed E-state index contributed by atoms with van der Waals surface area (Å²) in [7, 11) is 0. The van der Waals surface area contributed by atoms with E-state index in [2.05, 4.69) is 36.1 Å². The molecule has 11 nitrogen and oxygen atoms in total. The highest BCUT2D eigenvalue weighted by atomic mass is 35.5. The van der Waals surface area contributed by atoms with E-state index in [0.29, 0.717) is 17.3 Å². The second-order valence-corrected chi connectivity index (χ2v) is 10.1. The predicted octanol–water partition coefficient (Wildman–Crippen LogP) is 4.67. The fourth-order valence-corrected chi connectivity index (χ4v) is 4.39. The van der Waals surface area contributed by atoms with Gasteiger partial charge in [0.15, 0.2) is 5.82 Å². The Morgan fingerprint density at radius 2 is 1.82 bits per heavy atom. The summed E-state index contributed by atoms with van der Waals surface area (Å²) in [5, 5.41) is 19.7. The van der Waals surface area contributed by atoms with Gasteiger partial charge in [-0.15, -0.1) is 10.2 Å². The maximum atomic E-state index is 13.5. The van der Waals surface area contributed by atoms with Crippen LogP contribution in [-0.4, -0.2) is 53.3 Å². The third-order valence-corrected chi connectivity index (χ3v) is 6.54. The fourth-order valence-electron chi connectivity index (χ4n) is 3.64. The summed E-state index contributed by atoms with van der Waals surface area (Å²) in [5.74, 6) is -2.22. The summed E-state index contributed by atoms with van der Waals surface area (Å²) >= 11 is 18.8. The Kier molecular flexibility index (Phi) is 7.66. The zero-order valence-corrected chi connectivity index (χ0v) is 22.4. The minimum Gasteiger partial charge on any atom is -0.352 e. The lowest BCUT2D eigenvalue weighted by Gasteiger charge is -2.14. The van der Waals surface area contributed by atoms with Gasteiger partial charge < -0.3 is 10.6 Å². The molecule has 5 rings (SSSR count). The fraction of sp³-hybridized carbons (Fsp3) is 0.261. The molecule has 1 fully saturated rings. The van der Waals surface area contributed by atoms with Gasteiger partial charge in [-0.1, -0.05) is 34.8 Å². The number of rotatable bonds is 8. The molecule has 0 bridgehead atoms. The molecule has 0 radical (unpaired) electrons. The average Bonchev–Trinajstić information content (AvgIpc) is 3.43. The molecular formula is C23H17Cl3F3N9O2. The zero-order valence-electron chi connectivity index (χ0n) is 20.1. The molecule has 3 aromatic heterocycles. The second kappa shape index (κ2) is 11.0. The summed E-state index contributed by atoms with van der Waals surface area (Å²) in [5.41, 5.74) is 0.00316. The number of carbonyl (C=O) groups is 2. The number of pyridine rings is 1. The maximum absolute atomic E-state index is 13.5. The molecule has 0 atom stereocenters. The van der Waals surface area contributed by atoms with Crippen molar-refractivity contribution in [1.82, 2.24) is 40.3 Å². The van der Waals surface area contributed by atoms with Crippen LogP contribution in [-0.2, 0) is 12.7 Å². The molecule has 208 valence electrons. The van der Waals surface area contributed by atoms with Gasteiger partial charge in [0.05, 0.1) is 27.0 Å². The van der Waals surface area contributed by atoms with Crippen molar-refractivity contribution in [3.05, 3.63) is 74.4 Å². The van der Waals surface area contributed by atoms with Crippen LogP contribution in [0.5, 0.6) is 0 Å². The summed E-state index contributed by atoms with van der Waals surface area (Å²) in [6.45, 7) is 0.106. The summed E-state index contributed by atoms with van der Waals surface area (Å²) in [4.78, 5) is 31.3. The van der Waals surface area contributed by atoms with Crippen molar-refractivity contribution in [3.63, 3.8) is 0 Å². The Labute approximate surface area is 238 Å². The van der Waals surface area contributed by atoms with Crippen LogP contribution in [0.3, 0.4) is 0 Å². The number of halogens is 6. The molecule has 40 heavy (non-hydrogen) atoms. The third kappa shape index (κ3) is 6.18. The van der Waals surface area contributed by atoms with Gasteiger partial charge >= 0.3 is 6.18 Å². The van der Waals surface area contributed by atoms with E-state index in [1.165, 1.54) is 30.5 Å². The van der Waals surface area contributed by atoms with E-state index >= 15 is 0 Å². The van der Waals surface area contributed by atoms with Gasteiger partial charge in [-0.2, -0.15) is 23.1 Å². The first-order valence-corrected chi connectivity index (χ1v) is 12.8. The second-order valence-electron chi connectivity index (χ2n) is 8.80. The van der Waals surface area contributed by atoms with Crippen LogP contribution in [0.15, 0.2) is 36.5 Å². The first-order valence-electron chi connectivity index (χ1n) is 11.6. The highest BCUT2D eigenvalue weighted by molar-refractivity contribution is 6.38. The van der Waals surface area contributed by atoms with Crippen LogP contribution in [0.25, 0.3) is 5.82 Å².